The van der Waals surface area contributed by atoms with Gasteiger partial charge in [0.2, 0.25) is 15.9 Å². The monoisotopic (exact) mass is 412 g/mol. The lowest BCUT2D eigenvalue weighted by Crippen LogP contribution is -2.60. The maximum absolute atomic E-state index is 13.2. The van der Waals surface area contributed by atoms with E-state index in [1.807, 2.05) is 13.8 Å². The molecule has 9 heteroatoms. The van der Waals surface area contributed by atoms with E-state index in [1.165, 1.54) is 23.5 Å². The Morgan fingerprint density at radius 2 is 2.04 bits per heavy atom. The van der Waals surface area contributed by atoms with Crippen molar-refractivity contribution in [1.82, 2.24) is 9.62 Å². The summed E-state index contributed by atoms with van der Waals surface area (Å²) >= 11 is 1.59. The van der Waals surface area contributed by atoms with Gasteiger partial charge in [0.15, 0.2) is 0 Å². The highest BCUT2D eigenvalue weighted by molar-refractivity contribution is 8.00. The van der Waals surface area contributed by atoms with E-state index in [1.54, 1.807) is 23.9 Å². The number of carbonyl (C=O) groups is 1. The van der Waals surface area contributed by atoms with Crippen molar-refractivity contribution in [1.29, 1.82) is 0 Å². The molecule has 1 aliphatic heterocycles. The summed E-state index contributed by atoms with van der Waals surface area (Å²) in [6.07, 6.45) is 0. The first-order valence-corrected chi connectivity index (χ1v) is 10.8. The van der Waals surface area contributed by atoms with Gasteiger partial charge in [-0.15, -0.1) is 0 Å². The summed E-state index contributed by atoms with van der Waals surface area (Å²) in [5, 5.41) is 11.2. The van der Waals surface area contributed by atoms with Crippen molar-refractivity contribution >= 4 is 27.7 Å². The quantitative estimate of drug-likeness (QED) is 0.691. The van der Waals surface area contributed by atoms with E-state index in [-0.39, 0.29) is 30.6 Å². The zero-order valence-electron chi connectivity index (χ0n) is 15.6. The minimum atomic E-state index is -3.84. The first-order chi connectivity index (χ1) is 12.7. The fourth-order valence-corrected chi connectivity index (χ4v) is 5.97. The van der Waals surface area contributed by atoms with Gasteiger partial charge in [-0.1, -0.05) is 11.8 Å². The third-order valence-electron chi connectivity index (χ3n) is 4.17. The van der Waals surface area contributed by atoms with Crippen LogP contribution in [0.25, 0.3) is 0 Å². The molecule has 1 heterocycles. The highest BCUT2D eigenvalue weighted by atomic mass is 32.2. The predicted molar refractivity (Wildman–Crippen MR) is 105 cm³/mol. The normalized spacial score (nSPS) is 19.6. The molecule has 2 rings (SSSR count). The van der Waals surface area contributed by atoms with Crippen molar-refractivity contribution in [3.63, 3.8) is 0 Å². The number of nitrogens with zero attached hydrogens (tertiary/aromatic N) is 1. The Morgan fingerprint density at radius 3 is 2.63 bits per heavy atom. The van der Waals surface area contributed by atoms with Crippen LogP contribution in [0.4, 0.5) is 0 Å². The topological polar surface area (TPSA) is 95.9 Å². The number of carbonyl (C=O) groups excluding carboxylic acids is 1. The Kier molecular flexibility index (Phi) is 7.17. The van der Waals surface area contributed by atoms with Crippen LogP contribution in [-0.4, -0.2) is 67.1 Å². The van der Waals surface area contributed by atoms with E-state index >= 15 is 0 Å². The third kappa shape index (κ3) is 4.96. The second-order valence-corrected chi connectivity index (χ2v) is 10.00. The Hall–Kier alpha value is -1.73. The zero-order chi connectivity index (χ0) is 20.1. The summed E-state index contributed by atoms with van der Waals surface area (Å²) in [6.45, 7) is 3.89. The average molecular weight is 413 g/mol. The second kappa shape index (κ2) is 8.97. The second-order valence-electron chi connectivity index (χ2n) is 6.36. The average Bonchev–Trinajstić information content (AvgIpc) is 2.64. The van der Waals surface area contributed by atoms with E-state index in [2.05, 4.69) is 17.2 Å². The van der Waals surface area contributed by atoms with Crippen LogP contribution in [0.2, 0.25) is 0 Å². The lowest BCUT2D eigenvalue weighted by Gasteiger charge is -2.43. The molecule has 0 unspecified atom stereocenters. The van der Waals surface area contributed by atoms with Crippen LogP contribution in [0.1, 0.15) is 13.8 Å². The Morgan fingerprint density at radius 1 is 1.37 bits per heavy atom. The number of hydrogen-bond donors (Lipinski definition) is 2. The van der Waals surface area contributed by atoms with E-state index in [9.17, 15) is 13.2 Å². The maximum atomic E-state index is 13.2. The molecule has 1 aromatic rings. The summed E-state index contributed by atoms with van der Waals surface area (Å²) in [5.74, 6) is 5.85. The third-order valence-corrected chi connectivity index (χ3v) is 7.41. The molecule has 1 fully saturated rings. The highest BCUT2D eigenvalue weighted by Crippen LogP contribution is 2.38. The molecule has 0 radical (unpaired) electrons. The van der Waals surface area contributed by atoms with E-state index in [0.29, 0.717) is 11.5 Å². The van der Waals surface area contributed by atoms with Gasteiger partial charge in [0, 0.05) is 24.1 Å². The number of rotatable bonds is 5. The van der Waals surface area contributed by atoms with Crippen molar-refractivity contribution in [2.24, 2.45) is 0 Å². The molecule has 148 valence electrons. The number of likely N-dealkylation sites (N-methyl/N-ethyl adjacent to an activating group) is 1. The molecular formula is C18H24N2O5S2. The van der Waals surface area contributed by atoms with Gasteiger partial charge in [0.25, 0.3) is 0 Å². The van der Waals surface area contributed by atoms with Crippen molar-refractivity contribution in [3.05, 3.63) is 24.3 Å². The van der Waals surface area contributed by atoms with Gasteiger partial charge < -0.3 is 15.2 Å². The molecule has 7 nitrogen and oxygen atoms in total. The van der Waals surface area contributed by atoms with Crippen LogP contribution < -0.4 is 10.1 Å². The van der Waals surface area contributed by atoms with Crippen LogP contribution in [0.15, 0.2) is 29.2 Å². The van der Waals surface area contributed by atoms with Crippen LogP contribution >= 0.6 is 11.8 Å². The minimum Gasteiger partial charge on any atom is -0.481 e. The van der Waals surface area contributed by atoms with Gasteiger partial charge in [-0.05, 0) is 38.1 Å². The van der Waals surface area contributed by atoms with Crippen LogP contribution in [0, 0.1) is 11.8 Å². The van der Waals surface area contributed by atoms with Crippen molar-refractivity contribution in [2.45, 2.75) is 29.5 Å². The van der Waals surface area contributed by atoms with Crippen LogP contribution in [0.5, 0.6) is 5.75 Å². The van der Waals surface area contributed by atoms with Crippen LogP contribution in [0.3, 0.4) is 0 Å². The molecule has 0 saturated carbocycles. The van der Waals surface area contributed by atoms with Crippen LogP contribution in [-0.2, 0) is 14.8 Å². The molecule has 0 bridgehead atoms. The van der Waals surface area contributed by atoms with Crippen molar-refractivity contribution < 1.29 is 23.1 Å². The van der Waals surface area contributed by atoms with E-state index in [0.717, 1.165) is 0 Å². The van der Waals surface area contributed by atoms with Gasteiger partial charge in [0.05, 0.1) is 4.90 Å². The number of nitrogens with one attached hydrogen (secondary N) is 1. The number of amides is 1. The highest BCUT2D eigenvalue weighted by Gasteiger charge is 2.47. The van der Waals surface area contributed by atoms with Gasteiger partial charge in [-0.25, -0.2) is 8.42 Å². The fraction of sp³-hybridized carbons (Fsp3) is 0.500. The lowest BCUT2D eigenvalue weighted by atomic mass is 10.0. The predicted octanol–water partition coefficient (Wildman–Crippen LogP) is 0.692. The smallest absolute Gasteiger partial charge is 0.243 e. The summed E-state index contributed by atoms with van der Waals surface area (Å²) < 4.78 is 32.4. The Bertz CT molecular complexity index is 826. The lowest BCUT2D eigenvalue weighted by molar-refractivity contribution is -0.125. The first-order valence-electron chi connectivity index (χ1n) is 8.41. The van der Waals surface area contributed by atoms with E-state index in [4.69, 9.17) is 9.84 Å². The zero-order valence-corrected chi connectivity index (χ0v) is 17.2. The molecule has 1 amide bonds. The molecule has 0 aromatic heterocycles. The molecule has 27 heavy (non-hydrogen) atoms. The molecule has 1 saturated heterocycles. The number of sulfonamides is 1. The van der Waals surface area contributed by atoms with Gasteiger partial charge in [-0.3, -0.25) is 4.79 Å². The summed E-state index contributed by atoms with van der Waals surface area (Å²) in [4.78, 5) is 12.5. The minimum absolute atomic E-state index is 0.100. The van der Waals surface area contributed by atoms with Gasteiger partial charge in [-0.2, -0.15) is 16.1 Å². The summed E-state index contributed by atoms with van der Waals surface area (Å²) in [6, 6.07) is 5.22. The number of thioether (sulfide) groups is 1. The van der Waals surface area contributed by atoms with Gasteiger partial charge >= 0.3 is 0 Å². The first kappa shape index (κ1) is 21.6. The number of hydrogen-bond acceptors (Lipinski definition) is 6. The number of ether oxygens (including phenoxy) is 1. The maximum Gasteiger partial charge on any atom is 0.243 e. The summed E-state index contributed by atoms with van der Waals surface area (Å²) in [5.41, 5.74) is 0. The van der Waals surface area contributed by atoms with Gasteiger partial charge in [0.1, 0.15) is 25.0 Å². The molecule has 1 aromatic carbocycles. The molecular weight excluding hydrogens is 388 g/mol. The molecule has 0 spiro atoms. The summed E-state index contributed by atoms with van der Waals surface area (Å²) in [7, 11) is -2.33. The number of aliphatic hydroxyl groups excluding tert-OH is 1. The number of benzene rings is 1. The molecule has 2 N–H and O–H groups in total. The van der Waals surface area contributed by atoms with Crippen molar-refractivity contribution in [3.8, 4) is 17.6 Å². The SMILES string of the molecule is CNC(=O)[C@H]1N(S(=O)(=O)c2ccc(OCC#CCO)cc2)CCSC1(C)C. The molecule has 0 aliphatic carbocycles. The standard InChI is InChI=1S/C18H24N2O5S2/c1-18(2)16(17(22)19-3)20(10-13-26-18)27(23,24)15-8-6-14(7-9-15)25-12-5-4-11-21/h6-9,16,21H,10-13H2,1-3H3,(H,19,22)/t16-/m1/s1. The number of aliphatic hydroxyl groups is 1. The largest absolute Gasteiger partial charge is 0.481 e. The molecule has 1 aliphatic rings. The van der Waals surface area contributed by atoms with Crippen molar-refractivity contribution in [2.75, 3.05) is 32.6 Å². The molecule has 1 atom stereocenters. The van der Waals surface area contributed by atoms with E-state index < -0.39 is 20.8 Å². The fourth-order valence-electron chi connectivity index (χ4n) is 2.87. The Labute approximate surface area is 164 Å². The Balaban J connectivity index is 2.26.